The normalized spacial score (nSPS) is 10.5. The van der Waals surface area contributed by atoms with Crippen LogP contribution in [0.4, 0.5) is 5.69 Å². The minimum absolute atomic E-state index is 0.0270. The van der Waals surface area contributed by atoms with Gasteiger partial charge in [-0.05, 0) is 23.3 Å². The number of ketones is 1. The van der Waals surface area contributed by atoms with Crippen LogP contribution in [0.2, 0.25) is 0 Å². The van der Waals surface area contributed by atoms with Gasteiger partial charge in [0.15, 0.2) is 5.78 Å². The Labute approximate surface area is 211 Å². The quantitative estimate of drug-likeness (QED) is 0.309. The molecule has 35 heavy (non-hydrogen) atoms. The summed E-state index contributed by atoms with van der Waals surface area (Å²) in [7, 11) is 0. The molecule has 0 aliphatic heterocycles. The lowest BCUT2D eigenvalue weighted by atomic mass is 9.98. The molecule has 1 heterocycles. The standard InChI is InChI=1S/C30H21NO2S2/c32-27(23-17-9-3-10-18-23)25(21-13-5-1-6-14-21)29-34-30(35-29)26(22-15-7-2-8-16-22)28(33)31-24-19-11-4-12-20-24/h1-20H,(H,31,33). The van der Waals surface area contributed by atoms with Gasteiger partial charge in [0.2, 0.25) is 0 Å². The maximum absolute atomic E-state index is 13.5. The Morgan fingerprint density at radius 3 is 1.40 bits per heavy atom. The summed E-state index contributed by atoms with van der Waals surface area (Å²) in [6.45, 7) is 0. The van der Waals surface area contributed by atoms with Crippen molar-refractivity contribution in [3.8, 4) is 0 Å². The second-order valence-electron chi connectivity index (χ2n) is 7.78. The molecule has 0 aliphatic rings. The zero-order valence-corrected chi connectivity index (χ0v) is 20.3. The number of carbonyl (C=O) groups is 2. The van der Waals surface area contributed by atoms with Crippen molar-refractivity contribution in [2.75, 3.05) is 5.32 Å². The SMILES string of the molecule is O=C(Nc1ccccc1)C(c1ccccc1)=c1sc(=C(C(=O)c2ccccc2)c2ccccc2)s1. The smallest absolute Gasteiger partial charge is 0.258 e. The molecule has 3 nitrogen and oxygen atoms in total. The summed E-state index contributed by atoms with van der Waals surface area (Å²) in [5, 5.41) is 3.01. The largest absolute Gasteiger partial charge is 0.322 e. The first-order valence-corrected chi connectivity index (χ1v) is 12.8. The van der Waals surface area contributed by atoms with Gasteiger partial charge >= 0.3 is 0 Å². The van der Waals surface area contributed by atoms with Gasteiger partial charge in [-0.25, -0.2) is 0 Å². The van der Waals surface area contributed by atoms with Crippen LogP contribution in [0.1, 0.15) is 21.5 Å². The van der Waals surface area contributed by atoms with Crippen LogP contribution in [0.3, 0.4) is 0 Å². The molecule has 0 bridgehead atoms. The van der Waals surface area contributed by atoms with E-state index in [4.69, 9.17) is 0 Å². The number of anilines is 1. The van der Waals surface area contributed by atoms with Crippen molar-refractivity contribution in [2.24, 2.45) is 0 Å². The van der Waals surface area contributed by atoms with Crippen LogP contribution in [-0.4, -0.2) is 11.7 Å². The Morgan fingerprint density at radius 2 is 0.886 bits per heavy atom. The first kappa shape index (κ1) is 22.7. The lowest BCUT2D eigenvalue weighted by Gasteiger charge is -2.12. The van der Waals surface area contributed by atoms with E-state index in [1.807, 2.05) is 121 Å². The van der Waals surface area contributed by atoms with E-state index in [0.29, 0.717) is 16.7 Å². The molecule has 0 atom stereocenters. The molecule has 1 amide bonds. The highest BCUT2D eigenvalue weighted by Crippen LogP contribution is 2.21. The molecule has 0 radical (unpaired) electrons. The van der Waals surface area contributed by atoms with Gasteiger partial charge in [-0.15, -0.1) is 22.7 Å². The number of Topliss-reactive ketones (excluding diaryl/α,β-unsaturated/α-hetero) is 1. The first-order chi connectivity index (χ1) is 17.2. The summed E-state index contributed by atoms with van der Waals surface area (Å²) in [4.78, 5) is 26.9. The molecule has 4 aromatic carbocycles. The van der Waals surface area contributed by atoms with E-state index in [9.17, 15) is 9.59 Å². The molecule has 1 N–H and O–H groups in total. The Balaban J connectivity index is 1.66. The van der Waals surface area contributed by atoms with Gasteiger partial charge in [-0.2, -0.15) is 0 Å². The van der Waals surface area contributed by atoms with E-state index in [2.05, 4.69) is 5.32 Å². The molecular formula is C30H21NO2S2. The van der Waals surface area contributed by atoms with Crippen molar-refractivity contribution >= 4 is 51.2 Å². The van der Waals surface area contributed by atoms with Crippen LogP contribution in [0, 0.1) is 0 Å². The van der Waals surface area contributed by atoms with Crippen LogP contribution in [0.15, 0.2) is 121 Å². The molecule has 0 spiro atoms. The lowest BCUT2D eigenvalue weighted by Crippen LogP contribution is -2.25. The fourth-order valence-corrected chi connectivity index (χ4v) is 6.07. The Bertz CT molecular complexity index is 1550. The van der Waals surface area contributed by atoms with Crippen LogP contribution in [0.5, 0.6) is 0 Å². The number of nitrogens with one attached hydrogen (secondary N) is 1. The average Bonchev–Trinajstić information content (AvgIpc) is 2.89. The third-order valence-corrected chi connectivity index (χ3v) is 7.98. The minimum atomic E-state index is -0.174. The third kappa shape index (κ3) is 5.06. The van der Waals surface area contributed by atoms with E-state index in [1.54, 1.807) is 0 Å². The number of rotatable bonds is 6. The molecule has 0 fully saturated rings. The highest BCUT2D eigenvalue weighted by atomic mass is 32.2. The van der Waals surface area contributed by atoms with E-state index in [0.717, 1.165) is 24.5 Å². The second-order valence-corrected chi connectivity index (χ2v) is 10.3. The molecular weight excluding hydrogens is 470 g/mol. The summed E-state index contributed by atoms with van der Waals surface area (Å²) >= 11 is 2.96. The summed E-state index contributed by atoms with van der Waals surface area (Å²) in [6.07, 6.45) is 0. The molecule has 5 aromatic rings. The van der Waals surface area contributed by atoms with Gasteiger partial charge < -0.3 is 5.32 Å². The van der Waals surface area contributed by atoms with Crippen molar-refractivity contribution in [2.45, 2.75) is 0 Å². The maximum Gasteiger partial charge on any atom is 0.258 e. The van der Waals surface area contributed by atoms with Crippen LogP contribution < -0.4 is 13.0 Å². The molecule has 5 heteroatoms. The maximum atomic E-state index is 13.5. The van der Waals surface area contributed by atoms with E-state index in [1.165, 1.54) is 22.7 Å². The zero-order valence-electron chi connectivity index (χ0n) is 18.7. The highest BCUT2D eigenvalue weighted by molar-refractivity contribution is 7.36. The predicted molar refractivity (Wildman–Crippen MR) is 145 cm³/mol. The summed E-state index contributed by atoms with van der Waals surface area (Å²) in [6, 6.07) is 38.1. The van der Waals surface area contributed by atoms with Gasteiger partial charge in [0.1, 0.15) is 0 Å². The monoisotopic (exact) mass is 491 g/mol. The fourth-order valence-electron chi connectivity index (χ4n) is 3.72. The molecule has 0 saturated carbocycles. The first-order valence-electron chi connectivity index (χ1n) is 11.1. The second kappa shape index (κ2) is 10.5. The third-order valence-electron chi connectivity index (χ3n) is 5.43. The van der Waals surface area contributed by atoms with E-state index in [-0.39, 0.29) is 11.7 Å². The predicted octanol–water partition coefficient (Wildman–Crippen LogP) is 5.73. The molecule has 170 valence electrons. The average molecular weight is 492 g/mol. The van der Waals surface area contributed by atoms with Crippen molar-refractivity contribution in [3.63, 3.8) is 0 Å². The fraction of sp³-hybridized carbons (Fsp3) is 0. The van der Waals surface area contributed by atoms with Crippen molar-refractivity contribution in [1.82, 2.24) is 0 Å². The summed E-state index contributed by atoms with van der Waals surface area (Å²) in [5.74, 6) is -0.201. The number of hydrogen-bond acceptors (Lipinski definition) is 4. The van der Waals surface area contributed by atoms with Gasteiger partial charge in [0.25, 0.3) is 5.91 Å². The van der Waals surface area contributed by atoms with E-state index >= 15 is 0 Å². The summed E-state index contributed by atoms with van der Waals surface area (Å²) < 4.78 is 1.76. The summed E-state index contributed by atoms with van der Waals surface area (Å²) in [5.41, 5.74) is 4.35. The Morgan fingerprint density at radius 1 is 0.486 bits per heavy atom. The number of benzene rings is 4. The zero-order chi connectivity index (χ0) is 24.0. The highest BCUT2D eigenvalue weighted by Gasteiger charge is 2.20. The minimum Gasteiger partial charge on any atom is -0.322 e. The Kier molecular flexibility index (Phi) is 6.80. The van der Waals surface area contributed by atoms with Crippen LogP contribution in [0.25, 0.3) is 11.1 Å². The van der Waals surface area contributed by atoms with Crippen molar-refractivity contribution in [3.05, 3.63) is 146 Å². The Hall–Kier alpha value is -4.06. The molecule has 0 unspecified atom stereocenters. The molecule has 0 aliphatic carbocycles. The number of amides is 1. The van der Waals surface area contributed by atoms with Crippen LogP contribution in [-0.2, 0) is 4.79 Å². The van der Waals surface area contributed by atoms with Gasteiger partial charge in [0.05, 0.1) is 18.8 Å². The van der Waals surface area contributed by atoms with Crippen molar-refractivity contribution in [1.29, 1.82) is 0 Å². The molecule has 1 aromatic heterocycles. The number of hydrogen-bond donors (Lipinski definition) is 1. The number of carbonyl (C=O) groups excluding carboxylic acids is 2. The number of para-hydroxylation sites is 1. The van der Waals surface area contributed by atoms with Gasteiger partial charge in [-0.1, -0.05) is 109 Å². The van der Waals surface area contributed by atoms with E-state index < -0.39 is 0 Å². The van der Waals surface area contributed by atoms with Gasteiger partial charge in [0, 0.05) is 11.3 Å². The van der Waals surface area contributed by atoms with Crippen LogP contribution >= 0.6 is 22.7 Å². The lowest BCUT2D eigenvalue weighted by molar-refractivity contribution is -0.111. The van der Waals surface area contributed by atoms with Gasteiger partial charge in [-0.3, -0.25) is 9.59 Å². The topological polar surface area (TPSA) is 46.2 Å². The molecule has 0 saturated heterocycles. The molecule has 5 rings (SSSR count). The van der Waals surface area contributed by atoms with Crippen molar-refractivity contribution < 1.29 is 9.59 Å².